The molecule has 1 aromatic heterocycles. The minimum atomic E-state index is -0.558. The summed E-state index contributed by atoms with van der Waals surface area (Å²) < 4.78 is 23.6. The van der Waals surface area contributed by atoms with E-state index in [9.17, 15) is 4.39 Å². The van der Waals surface area contributed by atoms with Gasteiger partial charge in [-0.15, -0.1) is 0 Å². The first kappa shape index (κ1) is 14.0. The fraction of sp³-hybridized carbons (Fsp3) is 0.692. The number of anilines is 1. The van der Waals surface area contributed by atoms with Crippen LogP contribution in [0, 0.1) is 5.82 Å². The molecule has 1 aliphatic carbocycles. The third-order valence-corrected chi connectivity index (χ3v) is 3.17. The zero-order valence-electron chi connectivity index (χ0n) is 11.2. The molecule has 2 rings (SSSR count). The molecule has 1 aliphatic rings. The fourth-order valence-corrected chi connectivity index (χ4v) is 2.16. The highest BCUT2D eigenvalue weighted by molar-refractivity contribution is 5.28. The van der Waals surface area contributed by atoms with E-state index in [0.717, 1.165) is 19.2 Å². The van der Waals surface area contributed by atoms with Crippen molar-refractivity contribution in [3.63, 3.8) is 0 Å². The van der Waals surface area contributed by atoms with Gasteiger partial charge in [-0.1, -0.05) is 12.8 Å². The van der Waals surface area contributed by atoms with E-state index in [2.05, 4.69) is 15.3 Å². The van der Waals surface area contributed by atoms with Crippen LogP contribution in [-0.2, 0) is 4.74 Å². The van der Waals surface area contributed by atoms with Gasteiger partial charge in [0.2, 0.25) is 11.8 Å². The summed E-state index contributed by atoms with van der Waals surface area (Å²) in [7, 11) is 1.38. The molecule has 1 heterocycles. The average molecular weight is 269 g/mol. The van der Waals surface area contributed by atoms with E-state index in [-0.39, 0.29) is 5.88 Å². The van der Waals surface area contributed by atoms with E-state index in [4.69, 9.17) is 9.47 Å². The van der Waals surface area contributed by atoms with Crippen LogP contribution in [0.5, 0.6) is 5.88 Å². The van der Waals surface area contributed by atoms with Gasteiger partial charge in [-0.05, 0) is 19.3 Å². The summed E-state index contributed by atoms with van der Waals surface area (Å²) in [4.78, 5) is 7.75. The lowest BCUT2D eigenvalue weighted by Gasteiger charge is -2.11. The molecule has 106 valence electrons. The minimum absolute atomic E-state index is 0.0419. The standard InChI is InChI=1S/C13H20FN3O2/c1-18-12-11(14)9-16-13(17-12)15-7-4-8-19-10-5-2-3-6-10/h9-10H,2-8H2,1H3,(H,15,16,17). The maximum Gasteiger partial charge on any atom is 0.255 e. The molecular weight excluding hydrogens is 249 g/mol. The Morgan fingerprint density at radius 1 is 1.42 bits per heavy atom. The van der Waals surface area contributed by atoms with Crippen molar-refractivity contribution in [2.24, 2.45) is 0 Å². The van der Waals surface area contributed by atoms with Crippen molar-refractivity contribution in [3.05, 3.63) is 12.0 Å². The van der Waals surface area contributed by atoms with Gasteiger partial charge >= 0.3 is 0 Å². The van der Waals surface area contributed by atoms with Crippen molar-refractivity contribution in [3.8, 4) is 5.88 Å². The van der Waals surface area contributed by atoms with Crippen LogP contribution in [0.15, 0.2) is 6.20 Å². The first-order valence-electron chi connectivity index (χ1n) is 6.71. The van der Waals surface area contributed by atoms with Gasteiger partial charge in [0.15, 0.2) is 0 Å². The monoisotopic (exact) mass is 269 g/mol. The number of ether oxygens (including phenoxy) is 2. The molecule has 1 N–H and O–H groups in total. The highest BCUT2D eigenvalue weighted by Crippen LogP contribution is 2.20. The maximum absolute atomic E-state index is 13.1. The summed E-state index contributed by atoms with van der Waals surface area (Å²) in [5, 5.41) is 3.02. The third kappa shape index (κ3) is 4.31. The Labute approximate surface area is 112 Å². The number of hydrogen-bond donors (Lipinski definition) is 1. The van der Waals surface area contributed by atoms with Gasteiger partial charge in [0.05, 0.1) is 19.4 Å². The third-order valence-electron chi connectivity index (χ3n) is 3.17. The van der Waals surface area contributed by atoms with E-state index >= 15 is 0 Å². The molecule has 1 saturated carbocycles. The Morgan fingerprint density at radius 3 is 2.95 bits per heavy atom. The number of methoxy groups -OCH3 is 1. The molecule has 1 aromatic rings. The molecule has 0 saturated heterocycles. The quantitative estimate of drug-likeness (QED) is 0.770. The molecule has 0 aliphatic heterocycles. The smallest absolute Gasteiger partial charge is 0.255 e. The second-order valence-corrected chi connectivity index (χ2v) is 4.61. The lowest BCUT2D eigenvalue weighted by atomic mass is 10.3. The number of nitrogens with one attached hydrogen (secondary N) is 1. The normalized spacial score (nSPS) is 15.7. The van der Waals surface area contributed by atoms with Crippen molar-refractivity contribution in [2.45, 2.75) is 38.2 Å². The van der Waals surface area contributed by atoms with Crippen molar-refractivity contribution >= 4 is 5.95 Å². The van der Waals surface area contributed by atoms with E-state index in [1.165, 1.54) is 32.8 Å². The number of nitrogens with zero attached hydrogens (tertiary/aromatic N) is 2. The van der Waals surface area contributed by atoms with Crippen LogP contribution in [0.25, 0.3) is 0 Å². The molecule has 6 heteroatoms. The fourth-order valence-electron chi connectivity index (χ4n) is 2.16. The van der Waals surface area contributed by atoms with Crippen LogP contribution in [0.1, 0.15) is 32.1 Å². The lowest BCUT2D eigenvalue weighted by molar-refractivity contribution is 0.0583. The van der Waals surface area contributed by atoms with Gasteiger partial charge in [0.25, 0.3) is 5.88 Å². The zero-order valence-corrected chi connectivity index (χ0v) is 11.2. The predicted molar refractivity (Wildman–Crippen MR) is 69.9 cm³/mol. The summed E-state index contributed by atoms with van der Waals surface area (Å²) in [6, 6.07) is 0. The van der Waals surface area contributed by atoms with Gasteiger partial charge in [0, 0.05) is 13.2 Å². The molecule has 0 radical (unpaired) electrons. The molecule has 19 heavy (non-hydrogen) atoms. The predicted octanol–water partition coefficient (Wildman–Crippen LogP) is 2.39. The lowest BCUT2D eigenvalue weighted by Crippen LogP contribution is -2.13. The molecule has 0 unspecified atom stereocenters. The van der Waals surface area contributed by atoms with Crippen LogP contribution >= 0.6 is 0 Å². The van der Waals surface area contributed by atoms with Crippen molar-refractivity contribution < 1.29 is 13.9 Å². The van der Waals surface area contributed by atoms with Crippen LogP contribution in [0.3, 0.4) is 0 Å². The Balaban J connectivity index is 1.64. The number of halogens is 1. The number of rotatable bonds is 7. The number of aromatic nitrogens is 2. The topological polar surface area (TPSA) is 56.3 Å². The Kier molecular flexibility index (Phi) is 5.32. The van der Waals surface area contributed by atoms with Gasteiger partial charge < -0.3 is 14.8 Å². The molecule has 1 fully saturated rings. The first-order valence-corrected chi connectivity index (χ1v) is 6.71. The van der Waals surface area contributed by atoms with E-state index < -0.39 is 5.82 Å². The highest BCUT2D eigenvalue weighted by atomic mass is 19.1. The van der Waals surface area contributed by atoms with Crippen molar-refractivity contribution in [2.75, 3.05) is 25.6 Å². The summed E-state index contributed by atoms with van der Waals surface area (Å²) in [6.45, 7) is 1.43. The summed E-state index contributed by atoms with van der Waals surface area (Å²) in [6.07, 6.45) is 7.36. The second kappa shape index (κ2) is 7.23. The zero-order chi connectivity index (χ0) is 13.5. The van der Waals surface area contributed by atoms with Gasteiger partial charge in [-0.2, -0.15) is 9.37 Å². The van der Waals surface area contributed by atoms with Crippen LogP contribution in [0.4, 0.5) is 10.3 Å². The molecule has 0 amide bonds. The maximum atomic E-state index is 13.1. The summed E-state index contributed by atoms with van der Waals surface area (Å²) in [5.41, 5.74) is 0. The van der Waals surface area contributed by atoms with Gasteiger partial charge in [-0.25, -0.2) is 4.98 Å². The van der Waals surface area contributed by atoms with E-state index in [1.54, 1.807) is 0 Å². The Morgan fingerprint density at radius 2 is 2.21 bits per heavy atom. The molecular formula is C13H20FN3O2. The van der Waals surface area contributed by atoms with Crippen LogP contribution in [-0.4, -0.2) is 36.3 Å². The summed E-state index contributed by atoms with van der Waals surface area (Å²) >= 11 is 0. The Bertz CT molecular complexity index is 397. The van der Waals surface area contributed by atoms with Gasteiger partial charge in [-0.3, -0.25) is 0 Å². The highest BCUT2D eigenvalue weighted by Gasteiger charge is 2.14. The second-order valence-electron chi connectivity index (χ2n) is 4.61. The molecule has 0 bridgehead atoms. The van der Waals surface area contributed by atoms with Crippen molar-refractivity contribution in [1.29, 1.82) is 0 Å². The van der Waals surface area contributed by atoms with Gasteiger partial charge in [0.1, 0.15) is 0 Å². The SMILES string of the molecule is COc1nc(NCCCOC2CCCC2)ncc1F. The van der Waals surface area contributed by atoms with E-state index in [1.807, 2.05) is 0 Å². The molecule has 0 spiro atoms. The Hall–Kier alpha value is -1.43. The summed E-state index contributed by atoms with van der Waals surface area (Å²) in [5.74, 6) is -0.226. The average Bonchev–Trinajstić information content (AvgIpc) is 2.93. The number of hydrogen-bond acceptors (Lipinski definition) is 5. The minimum Gasteiger partial charge on any atom is -0.479 e. The first-order chi connectivity index (χ1) is 9.29. The molecule has 0 atom stereocenters. The van der Waals surface area contributed by atoms with Crippen molar-refractivity contribution in [1.82, 2.24) is 9.97 Å². The molecule has 0 aromatic carbocycles. The van der Waals surface area contributed by atoms with Crippen LogP contribution < -0.4 is 10.1 Å². The molecule has 5 nitrogen and oxygen atoms in total. The van der Waals surface area contributed by atoms with E-state index in [0.29, 0.717) is 18.6 Å². The van der Waals surface area contributed by atoms with Crippen LogP contribution in [0.2, 0.25) is 0 Å². The largest absolute Gasteiger partial charge is 0.479 e.